The van der Waals surface area contributed by atoms with Crippen LogP contribution in [0.15, 0.2) is 34.7 Å². The van der Waals surface area contributed by atoms with Gasteiger partial charge in [-0.2, -0.15) is 0 Å². The number of aryl methyl sites for hydroxylation is 2. The number of benzene rings is 1. The molecule has 0 amide bonds. The topological polar surface area (TPSA) is 42.4 Å². The van der Waals surface area contributed by atoms with Crippen molar-refractivity contribution in [2.75, 3.05) is 7.05 Å². The summed E-state index contributed by atoms with van der Waals surface area (Å²) in [5, 5.41) is 0. The molecule has 2 N–H and O–H groups in total. The minimum atomic E-state index is 0.539. The van der Waals surface area contributed by atoms with Gasteiger partial charge in [0.25, 0.3) is 0 Å². The molecule has 1 aromatic carbocycles. The molecule has 0 aliphatic heterocycles. The van der Waals surface area contributed by atoms with Gasteiger partial charge in [0.1, 0.15) is 11.5 Å². The molecule has 0 fully saturated rings. The van der Waals surface area contributed by atoms with E-state index in [9.17, 15) is 0 Å². The minimum absolute atomic E-state index is 0.539. The molecular weight excluding hydrogens is 236 g/mol. The van der Waals surface area contributed by atoms with Gasteiger partial charge in [-0.25, -0.2) is 0 Å². The van der Waals surface area contributed by atoms with Crippen molar-refractivity contribution in [2.24, 2.45) is 5.73 Å². The molecule has 2 rings (SSSR count). The quantitative estimate of drug-likeness (QED) is 0.896. The van der Waals surface area contributed by atoms with Crippen LogP contribution in [-0.2, 0) is 19.6 Å². The minimum Gasteiger partial charge on any atom is -0.465 e. The van der Waals surface area contributed by atoms with Gasteiger partial charge in [0, 0.05) is 18.7 Å². The number of hydrogen-bond donors (Lipinski definition) is 1. The second kappa shape index (κ2) is 6.04. The Morgan fingerprint density at radius 1 is 1.16 bits per heavy atom. The molecule has 0 spiro atoms. The smallest absolute Gasteiger partial charge is 0.118 e. The molecular formula is C16H22N2O. The molecule has 0 saturated carbocycles. The van der Waals surface area contributed by atoms with Gasteiger partial charge in [-0.3, -0.25) is 4.90 Å². The highest BCUT2D eigenvalue weighted by Gasteiger charge is 2.08. The maximum atomic E-state index is 5.72. The molecule has 1 heterocycles. The predicted molar refractivity (Wildman–Crippen MR) is 77.7 cm³/mol. The lowest BCUT2D eigenvalue weighted by atomic mass is 10.1. The number of nitrogens with two attached hydrogens (primary N) is 1. The fourth-order valence-electron chi connectivity index (χ4n) is 2.31. The van der Waals surface area contributed by atoms with E-state index in [2.05, 4.69) is 49.2 Å². The predicted octanol–water partition coefficient (Wildman–Crippen LogP) is 2.99. The molecule has 19 heavy (non-hydrogen) atoms. The van der Waals surface area contributed by atoms with Gasteiger partial charge in [-0.15, -0.1) is 0 Å². The zero-order valence-corrected chi connectivity index (χ0v) is 11.9. The molecule has 102 valence electrons. The van der Waals surface area contributed by atoms with Crippen LogP contribution in [0.1, 0.15) is 28.2 Å². The van der Waals surface area contributed by atoms with Gasteiger partial charge in [0.15, 0.2) is 0 Å². The van der Waals surface area contributed by atoms with E-state index in [0.717, 1.165) is 30.2 Å². The molecule has 1 aromatic heterocycles. The van der Waals surface area contributed by atoms with Crippen molar-refractivity contribution in [1.29, 1.82) is 0 Å². The van der Waals surface area contributed by atoms with E-state index in [4.69, 9.17) is 10.2 Å². The van der Waals surface area contributed by atoms with Crippen molar-refractivity contribution in [3.8, 4) is 0 Å². The summed E-state index contributed by atoms with van der Waals surface area (Å²) in [6.45, 7) is 6.34. The number of rotatable bonds is 5. The summed E-state index contributed by atoms with van der Waals surface area (Å²) in [5.74, 6) is 1.91. The van der Waals surface area contributed by atoms with Crippen LogP contribution in [0.3, 0.4) is 0 Å². The molecule has 0 unspecified atom stereocenters. The van der Waals surface area contributed by atoms with Gasteiger partial charge in [0.05, 0.1) is 6.54 Å². The largest absolute Gasteiger partial charge is 0.465 e. The van der Waals surface area contributed by atoms with E-state index in [1.807, 2.05) is 6.92 Å². The lowest BCUT2D eigenvalue weighted by molar-refractivity contribution is 0.285. The first-order valence-electron chi connectivity index (χ1n) is 6.61. The highest BCUT2D eigenvalue weighted by atomic mass is 16.3. The van der Waals surface area contributed by atoms with Gasteiger partial charge >= 0.3 is 0 Å². The van der Waals surface area contributed by atoms with Crippen LogP contribution in [0.4, 0.5) is 0 Å². The van der Waals surface area contributed by atoms with E-state index in [-0.39, 0.29) is 0 Å². The monoisotopic (exact) mass is 258 g/mol. The summed E-state index contributed by atoms with van der Waals surface area (Å²) in [5.41, 5.74) is 9.38. The third-order valence-electron chi connectivity index (χ3n) is 3.25. The summed E-state index contributed by atoms with van der Waals surface area (Å²) in [4.78, 5) is 2.24. The molecule has 0 saturated heterocycles. The molecule has 0 atom stereocenters. The van der Waals surface area contributed by atoms with Crippen LogP contribution in [-0.4, -0.2) is 11.9 Å². The molecule has 0 aliphatic carbocycles. The average Bonchev–Trinajstić information content (AvgIpc) is 2.69. The molecule has 3 heteroatoms. The Morgan fingerprint density at radius 3 is 2.58 bits per heavy atom. The maximum absolute atomic E-state index is 5.72. The first-order chi connectivity index (χ1) is 9.08. The SMILES string of the molecule is Cc1cccc(CN(C)Cc2cc(CN)c(C)o2)c1. The molecule has 0 aliphatic rings. The van der Waals surface area contributed by atoms with Crippen molar-refractivity contribution in [3.63, 3.8) is 0 Å². The Kier molecular flexibility index (Phi) is 4.40. The highest BCUT2D eigenvalue weighted by Crippen LogP contribution is 2.16. The average molecular weight is 258 g/mol. The van der Waals surface area contributed by atoms with Crippen LogP contribution >= 0.6 is 0 Å². The van der Waals surface area contributed by atoms with E-state index in [1.165, 1.54) is 11.1 Å². The Balaban J connectivity index is 1.98. The van der Waals surface area contributed by atoms with Gasteiger partial charge in [0.2, 0.25) is 0 Å². The molecule has 0 bridgehead atoms. The lowest BCUT2D eigenvalue weighted by Crippen LogP contribution is -2.16. The number of furan rings is 1. The van der Waals surface area contributed by atoms with Crippen molar-refractivity contribution >= 4 is 0 Å². The highest BCUT2D eigenvalue weighted by molar-refractivity contribution is 5.23. The zero-order chi connectivity index (χ0) is 13.8. The van der Waals surface area contributed by atoms with Gasteiger partial charge in [-0.05, 0) is 32.5 Å². The van der Waals surface area contributed by atoms with Crippen LogP contribution < -0.4 is 5.73 Å². The lowest BCUT2D eigenvalue weighted by Gasteiger charge is -2.15. The van der Waals surface area contributed by atoms with Crippen molar-refractivity contribution in [2.45, 2.75) is 33.5 Å². The Hall–Kier alpha value is -1.58. The van der Waals surface area contributed by atoms with E-state index in [0.29, 0.717) is 6.54 Å². The second-order valence-electron chi connectivity index (χ2n) is 5.16. The standard InChI is InChI=1S/C16H22N2O/c1-12-5-4-6-14(7-12)10-18(3)11-16-8-15(9-17)13(2)19-16/h4-8H,9-11,17H2,1-3H3. The van der Waals surface area contributed by atoms with Crippen LogP contribution in [0.25, 0.3) is 0 Å². The summed E-state index contributed by atoms with van der Waals surface area (Å²) in [6.07, 6.45) is 0. The second-order valence-corrected chi connectivity index (χ2v) is 5.16. The third-order valence-corrected chi connectivity index (χ3v) is 3.25. The Morgan fingerprint density at radius 2 is 1.95 bits per heavy atom. The first kappa shape index (κ1) is 13.8. The molecule has 0 radical (unpaired) electrons. The van der Waals surface area contributed by atoms with E-state index >= 15 is 0 Å². The Bertz CT molecular complexity index is 545. The van der Waals surface area contributed by atoms with Crippen molar-refractivity contribution in [1.82, 2.24) is 4.90 Å². The summed E-state index contributed by atoms with van der Waals surface area (Å²) in [7, 11) is 2.10. The summed E-state index contributed by atoms with van der Waals surface area (Å²) < 4.78 is 5.72. The Labute approximate surface area is 115 Å². The van der Waals surface area contributed by atoms with Gasteiger partial charge in [-0.1, -0.05) is 29.8 Å². The molecule has 2 aromatic rings. The van der Waals surface area contributed by atoms with E-state index in [1.54, 1.807) is 0 Å². The fourth-order valence-corrected chi connectivity index (χ4v) is 2.31. The summed E-state index contributed by atoms with van der Waals surface area (Å²) >= 11 is 0. The van der Waals surface area contributed by atoms with Crippen LogP contribution in [0.5, 0.6) is 0 Å². The summed E-state index contributed by atoms with van der Waals surface area (Å²) in [6, 6.07) is 10.6. The fraction of sp³-hybridized carbons (Fsp3) is 0.375. The van der Waals surface area contributed by atoms with Crippen molar-refractivity contribution < 1.29 is 4.42 Å². The number of hydrogen-bond acceptors (Lipinski definition) is 3. The maximum Gasteiger partial charge on any atom is 0.118 e. The van der Waals surface area contributed by atoms with Gasteiger partial charge < -0.3 is 10.2 Å². The first-order valence-corrected chi connectivity index (χ1v) is 6.61. The van der Waals surface area contributed by atoms with E-state index < -0.39 is 0 Å². The zero-order valence-electron chi connectivity index (χ0n) is 11.9. The van der Waals surface area contributed by atoms with Crippen LogP contribution in [0, 0.1) is 13.8 Å². The van der Waals surface area contributed by atoms with Crippen LogP contribution in [0.2, 0.25) is 0 Å². The normalized spacial score (nSPS) is 11.2. The third kappa shape index (κ3) is 3.69. The molecule has 3 nitrogen and oxygen atoms in total. The number of nitrogens with zero attached hydrogens (tertiary/aromatic N) is 1. The van der Waals surface area contributed by atoms with Crippen molar-refractivity contribution in [3.05, 3.63) is 58.5 Å².